The van der Waals surface area contributed by atoms with Crippen molar-refractivity contribution in [2.75, 3.05) is 39.3 Å². The lowest BCUT2D eigenvalue weighted by Gasteiger charge is -2.23. The standard InChI is InChI=1S/C14H25N3O/c1-11(10-17-5-3-4-6-17)7-16-14(18)12(2)13-8-15-9-13/h11,15H,3-10H2,1-2H3,(H,16,18). The quantitative estimate of drug-likeness (QED) is 0.709. The monoisotopic (exact) mass is 251 g/mol. The van der Waals surface area contributed by atoms with Crippen LogP contribution in [0.4, 0.5) is 0 Å². The van der Waals surface area contributed by atoms with Crippen molar-refractivity contribution in [3.63, 3.8) is 0 Å². The molecule has 0 aliphatic carbocycles. The van der Waals surface area contributed by atoms with Gasteiger partial charge in [-0.15, -0.1) is 0 Å². The lowest BCUT2D eigenvalue weighted by Crippen LogP contribution is -2.39. The lowest BCUT2D eigenvalue weighted by molar-refractivity contribution is -0.117. The second-order valence-electron chi connectivity index (χ2n) is 5.66. The van der Waals surface area contributed by atoms with E-state index >= 15 is 0 Å². The van der Waals surface area contributed by atoms with Crippen molar-refractivity contribution in [2.24, 2.45) is 5.92 Å². The third-order valence-electron chi connectivity index (χ3n) is 3.93. The van der Waals surface area contributed by atoms with Crippen molar-refractivity contribution in [3.05, 3.63) is 11.1 Å². The van der Waals surface area contributed by atoms with E-state index in [1.807, 2.05) is 6.92 Å². The van der Waals surface area contributed by atoms with Crippen molar-refractivity contribution in [3.8, 4) is 0 Å². The number of rotatable bonds is 5. The number of carbonyl (C=O) groups is 1. The van der Waals surface area contributed by atoms with E-state index in [4.69, 9.17) is 0 Å². The van der Waals surface area contributed by atoms with E-state index in [9.17, 15) is 4.79 Å². The first-order valence-corrected chi connectivity index (χ1v) is 7.06. The Kier molecular flexibility index (Phi) is 4.78. The van der Waals surface area contributed by atoms with Gasteiger partial charge in [-0.05, 0) is 44.3 Å². The van der Waals surface area contributed by atoms with Gasteiger partial charge in [0, 0.05) is 31.8 Å². The van der Waals surface area contributed by atoms with Crippen LogP contribution in [0, 0.1) is 5.92 Å². The Morgan fingerprint density at radius 1 is 1.39 bits per heavy atom. The molecule has 0 aromatic rings. The molecule has 2 saturated heterocycles. The molecule has 2 N–H and O–H groups in total. The molecule has 0 aromatic carbocycles. The number of likely N-dealkylation sites (tertiary alicyclic amines) is 1. The molecule has 0 aromatic heterocycles. The van der Waals surface area contributed by atoms with Gasteiger partial charge in [-0.25, -0.2) is 0 Å². The topological polar surface area (TPSA) is 44.4 Å². The van der Waals surface area contributed by atoms with Gasteiger partial charge in [-0.3, -0.25) is 4.79 Å². The third kappa shape index (κ3) is 3.56. The number of hydrogen-bond acceptors (Lipinski definition) is 3. The van der Waals surface area contributed by atoms with E-state index in [0.717, 1.165) is 31.8 Å². The molecule has 0 radical (unpaired) electrons. The highest BCUT2D eigenvalue weighted by atomic mass is 16.1. The summed E-state index contributed by atoms with van der Waals surface area (Å²) in [6, 6.07) is 0. The van der Waals surface area contributed by atoms with Crippen LogP contribution in [0.3, 0.4) is 0 Å². The van der Waals surface area contributed by atoms with Crippen LogP contribution in [0.2, 0.25) is 0 Å². The summed E-state index contributed by atoms with van der Waals surface area (Å²) < 4.78 is 0. The van der Waals surface area contributed by atoms with Crippen molar-refractivity contribution in [1.82, 2.24) is 15.5 Å². The Morgan fingerprint density at radius 2 is 2.06 bits per heavy atom. The fourth-order valence-electron chi connectivity index (χ4n) is 2.55. The summed E-state index contributed by atoms with van der Waals surface area (Å²) in [5.74, 6) is 0.643. The predicted molar refractivity (Wildman–Crippen MR) is 73.4 cm³/mol. The number of nitrogens with zero attached hydrogens (tertiary/aromatic N) is 1. The van der Waals surface area contributed by atoms with Gasteiger partial charge in [-0.2, -0.15) is 0 Å². The van der Waals surface area contributed by atoms with Crippen LogP contribution in [0.1, 0.15) is 26.7 Å². The average Bonchev–Trinajstić information content (AvgIpc) is 2.76. The van der Waals surface area contributed by atoms with E-state index in [1.54, 1.807) is 0 Å². The molecular formula is C14H25N3O. The van der Waals surface area contributed by atoms with Crippen LogP contribution >= 0.6 is 0 Å². The molecule has 0 saturated carbocycles. The third-order valence-corrected chi connectivity index (χ3v) is 3.93. The molecule has 2 rings (SSSR count). The molecule has 0 spiro atoms. The molecule has 1 amide bonds. The normalized spacial score (nSPS) is 21.6. The summed E-state index contributed by atoms with van der Waals surface area (Å²) in [5, 5.41) is 6.22. The molecule has 4 nitrogen and oxygen atoms in total. The maximum absolute atomic E-state index is 11.9. The highest BCUT2D eigenvalue weighted by molar-refractivity contribution is 5.93. The molecule has 2 heterocycles. The Labute approximate surface area is 110 Å². The lowest BCUT2D eigenvalue weighted by atomic mass is 10.0. The summed E-state index contributed by atoms with van der Waals surface area (Å²) in [7, 11) is 0. The van der Waals surface area contributed by atoms with Gasteiger partial charge in [0.25, 0.3) is 0 Å². The number of nitrogens with one attached hydrogen (secondary N) is 2. The first-order valence-electron chi connectivity index (χ1n) is 7.06. The minimum absolute atomic E-state index is 0.111. The zero-order valence-electron chi connectivity index (χ0n) is 11.6. The van der Waals surface area contributed by atoms with Gasteiger partial charge in [0.1, 0.15) is 0 Å². The van der Waals surface area contributed by atoms with Gasteiger partial charge >= 0.3 is 0 Å². The van der Waals surface area contributed by atoms with Crippen LogP contribution in [0.15, 0.2) is 11.1 Å². The molecule has 2 aliphatic rings. The minimum Gasteiger partial charge on any atom is -0.352 e. The first kappa shape index (κ1) is 13.6. The average molecular weight is 251 g/mol. The Bertz CT molecular complexity index is 326. The molecule has 1 unspecified atom stereocenters. The maximum atomic E-state index is 11.9. The van der Waals surface area contributed by atoms with E-state index in [0.29, 0.717) is 5.92 Å². The van der Waals surface area contributed by atoms with Crippen LogP contribution < -0.4 is 10.6 Å². The molecule has 2 aliphatic heterocycles. The van der Waals surface area contributed by atoms with Crippen molar-refractivity contribution >= 4 is 5.91 Å². The van der Waals surface area contributed by atoms with Crippen LogP contribution in [-0.2, 0) is 4.79 Å². The van der Waals surface area contributed by atoms with E-state index < -0.39 is 0 Å². The number of amides is 1. The van der Waals surface area contributed by atoms with Crippen molar-refractivity contribution < 1.29 is 4.79 Å². The molecule has 2 fully saturated rings. The van der Waals surface area contributed by atoms with Crippen LogP contribution in [0.5, 0.6) is 0 Å². The number of hydrogen-bond donors (Lipinski definition) is 2. The van der Waals surface area contributed by atoms with Crippen LogP contribution in [-0.4, -0.2) is 50.1 Å². The summed E-state index contributed by atoms with van der Waals surface area (Å²) in [4.78, 5) is 14.4. The second-order valence-corrected chi connectivity index (χ2v) is 5.66. The fourth-order valence-corrected chi connectivity index (χ4v) is 2.55. The molecular weight excluding hydrogens is 226 g/mol. The summed E-state index contributed by atoms with van der Waals surface area (Å²) in [6.07, 6.45) is 2.66. The number of carbonyl (C=O) groups excluding carboxylic acids is 1. The van der Waals surface area contributed by atoms with Crippen LogP contribution in [0.25, 0.3) is 0 Å². The Balaban J connectivity index is 1.68. The predicted octanol–water partition coefficient (Wildman–Crippen LogP) is 0.754. The van der Waals surface area contributed by atoms with E-state index in [-0.39, 0.29) is 5.91 Å². The van der Waals surface area contributed by atoms with Crippen molar-refractivity contribution in [2.45, 2.75) is 26.7 Å². The van der Waals surface area contributed by atoms with Gasteiger partial charge in [0.15, 0.2) is 0 Å². The maximum Gasteiger partial charge on any atom is 0.246 e. The highest BCUT2D eigenvalue weighted by Crippen LogP contribution is 2.11. The summed E-state index contributed by atoms with van der Waals surface area (Å²) in [5.41, 5.74) is 2.15. The molecule has 4 heteroatoms. The zero-order valence-corrected chi connectivity index (χ0v) is 11.6. The SMILES string of the molecule is CC(C(=O)NCC(C)CN1CCCC1)=C1CNC1. The first-order chi connectivity index (χ1) is 8.66. The molecule has 102 valence electrons. The second kappa shape index (κ2) is 6.34. The minimum atomic E-state index is 0.111. The summed E-state index contributed by atoms with van der Waals surface area (Å²) >= 11 is 0. The van der Waals surface area contributed by atoms with Gasteiger partial charge in [-0.1, -0.05) is 6.92 Å². The smallest absolute Gasteiger partial charge is 0.246 e. The molecule has 1 atom stereocenters. The summed E-state index contributed by atoms with van der Waals surface area (Å²) in [6.45, 7) is 10.2. The Morgan fingerprint density at radius 3 is 2.61 bits per heavy atom. The molecule has 18 heavy (non-hydrogen) atoms. The Hall–Kier alpha value is -0.870. The highest BCUT2D eigenvalue weighted by Gasteiger charge is 2.18. The van der Waals surface area contributed by atoms with Gasteiger partial charge in [0.05, 0.1) is 0 Å². The van der Waals surface area contributed by atoms with E-state index in [2.05, 4.69) is 22.5 Å². The van der Waals surface area contributed by atoms with Gasteiger partial charge < -0.3 is 15.5 Å². The van der Waals surface area contributed by atoms with Crippen molar-refractivity contribution in [1.29, 1.82) is 0 Å². The molecule has 0 bridgehead atoms. The zero-order chi connectivity index (χ0) is 13.0. The van der Waals surface area contributed by atoms with Gasteiger partial charge in [0.2, 0.25) is 5.91 Å². The fraction of sp³-hybridized carbons (Fsp3) is 0.786. The largest absolute Gasteiger partial charge is 0.352 e. The van der Waals surface area contributed by atoms with E-state index in [1.165, 1.54) is 31.5 Å².